The molecule has 0 saturated heterocycles. The molecule has 0 unspecified atom stereocenters. The highest BCUT2D eigenvalue weighted by atomic mass is 35.5. The third-order valence-corrected chi connectivity index (χ3v) is 5.04. The first-order chi connectivity index (χ1) is 17.4. The molecule has 188 valence electrons. The average Bonchev–Trinajstić information content (AvgIpc) is 2.87. The summed E-state index contributed by atoms with van der Waals surface area (Å²) in [6.45, 7) is 2.04. The van der Waals surface area contributed by atoms with E-state index < -0.39 is 18.5 Å². The molecule has 0 aliphatic heterocycles. The van der Waals surface area contributed by atoms with Gasteiger partial charge in [-0.3, -0.25) is 14.4 Å². The molecule has 2 N–H and O–H groups in total. The Bertz CT molecular complexity index is 1150. The molecular formula is C27H27ClN2O6. The van der Waals surface area contributed by atoms with E-state index in [1.54, 1.807) is 72.8 Å². The summed E-state index contributed by atoms with van der Waals surface area (Å²) in [5, 5.41) is 6.03. The minimum absolute atomic E-state index is 0.0254. The van der Waals surface area contributed by atoms with Crippen LogP contribution in [-0.4, -0.2) is 31.0 Å². The Kier molecular flexibility index (Phi) is 10.1. The Labute approximate surface area is 214 Å². The second kappa shape index (κ2) is 13.7. The van der Waals surface area contributed by atoms with Crippen molar-refractivity contribution in [1.82, 2.24) is 0 Å². The van der Waals surface area contributed by atoms with Crippen molar-refractivity contribution >= 4 is 40.8 Å². The third-order valence-electron chi connectivity index (χ3n) is 4.79. The summed E-state index contributed by atoms with van der Waals surface area (Å²) < 4.78 is 16.0. The summed E-state index contributed by atoms with van der Waals surface area (Å²) in [4.78, 5) is 36.0. The standard InChI is InChI=1S/C27H27ClN2O6/c1-2-34-22-14-8-21(9-15-22)30-26(32)18-35-27(33)5-3-4-25(31)29-20-10-16-24(17-11-20)36-23-12-6-19(28)7-13-23/h6-17H,2-5,18H2,1H3,(H,29,31)(H,30,32). The molecule has 3 aromatic rings. The molecule has 3 aromatic carbocycles. The largest absolute Gasteiger partial charge is 0.494 e. The summed E-state index contributed by atoms with van der Waals surface area (Å²) in [5.74, 6) is 0.733. The number of carbonyl (C=O) groups is 3. The molecule has 0 bridgehead atoms. The normalized spacial score (nSPS) is 10.3. The van der Waals surface area contributed by atoms with Gasteiger partial charge in [-0.1, -0.05) is 11.6 Å². The lowest BCUT2D eigenvalue weighted by atomic mass is 10.2. The highest BCUT2D eigenvalue weighted by Crippen LogP contribution is 2.24. The van der Waals surface area contributed by atoms with E-state index in [1.165, 1.54) is 0 Å². The molecule has 3 rings (SSSR count). The van der Waals surface area contributed by atoms with Crippen LogP contribution in [0, 0.1) is 0 Å². The molecular weight excluding hydrogens is 484 g/mol. The summed E-state index contributed by atoms with van der Waals surface area (Å²) in [7, 11) is 0. The van der Waals surface area contributed by atoms with Gasteiger partial charge in [0.15, 0.2) is 6.61 Å². The molecule has 8 nitrogen and oxygen atoms in total. The second-order valence-corrected chi connectivity index (χ2v) is 8.08. The van der Waals surface area contributed by atoms with Gasteiger partial charge >= 0.3 is 5.97 Å². The van der Waals surface area contributed by atoms with Crippen molar-refractivity contribution < 1.29 is 28.6 Å². The van der Waals surface area contributed by atoms with Gasteiger partial charge in [0.2, 0.25) is 5.91 Å². The van der Waals surface area contributed by atoms with Gasteiger partial charge in [0.1, 0.15) is 17.2 Å². The van der Waals surface area contributed by atoms with E-state index in [9.17, 15) is 14.4 Å². The van der Waals surface area contributed by atoms with E-state index in [4.69, 9.17) is 25.8 Å². The predicted molar refractivity (Wildman–Crippen MR) is 138 cm³/mol. The zero-order valence-electron chi connectivity index (χ0n) is 19.8. The minimum Gasteiger partial charge on any atom is -0.494 e. The van der Waals surface area contributed by atoms with Crippen LogP contribution in [0.15, 0.2) is 72.8 Å². The maximum absolute atomic E-state index is 12.2. The quantitative estimate of drug-likeness (QED) is 0.297. The zero-order chi connectivity index (χ0) is 25.8. The van der Waals surface area contributed by atoms with Crippen molar-refractivity contribution in [1.29, 1.82) is 0 Å². The monoisotopic (exact) mass is 510 g/mol. The van der Waals surface area contributed by atoms with Crippen LogP contribution in [-0.2, 0) is 19.1 Å². The van der Waals surface area contributed by atoms with E-state index >= 15 is 0 Å². The number of halogens is 1. The summed E-state index contributed by atoms with van der Waals surface area (Å²) in [6, 6.07) is 20.8. The number of hydrogen-bond donors (Lipinski definition) is 2. The Morgan fingerprint density at radius 3 is 1.83 bits per heavy atom. The lowest BCUT2D eigenvalue weighted by molar-refractivity contribution is -0.147. The van der Waals surface area contributed by atoms with Gasteiger partial charge in [0.05, 0.1) is 6.61 Å². The molecule has 2 amide bonds. The van der Waals surface area contributed by atoms with Crippen LogP contribution in [0.4, 0.5) is 11.4 Å². The maximum Gasteiger partial charge on any atom is 0.306 e. The third kappa shape index (κ3) is 9.31. The smallest absolute Gasteiger partial charge is 0.306 e. The Hall–Kier alpha value is -4.04. The van der Waals surface area contributed by atoms with Gasteiger partial charge in [-0.25, -0.2) is 0 Å². The van der Waals surface area contributed by atoms with Crippen LogP contribution < -0.4 is 20.1 Å². The van der Waals surface area contributed by atoms with E-state index in [0.29, 0.717) is 46.7 Å². The first-order valence-electron chi connectivity index (χ1n) is 11.4. The van der Waals surface area contributed by atoms with Crippen molar-refractivity contribution in [3.05, 3.63) is 77.8 Å². The first kappa shape index (κ1) is 26.6. The number of esters is 1. The molecule has 0 aliphatic carbocycles. The zero-order valence-corrected chi connectivity index (χ0v) is 20.5. The first-order valence-corrected chi connectivity index (χ1v) is 11.8. The molecule has 0 aromatic heterocycles. The van der Waals surface area contributed by atoms with Crippen LogP contribution in [0.1, 0.15) is 26.2 Å². The number of rotatable bonds is 12. The Balaban J connectivity index is 1.31. The number of amides is 2. The fraction of sp³-hybridized carbons (Fsp3) is 0.222. The molecule has 0 aliphatic rings. The SMILES string of the molecule is CCOc1ccc(NC(=O)COC(=O)CCCC(=O)Nc2ccc(Oc3ccc(Cl)cc3)cc2)cc1. The lowest BCUT2D eigenvalue weighted by Crippen LogP contribution is -2.21. The maximum atomic E-state index is 12.2. The van der Waals surface area contributed by atoms with Crippen molar-refractivity contribution in [2.45, 2.75) is 26.2 Å². The number of benzene rings is 3. The average molecular weight is 511 g/mol. The summed E-state index contributed by atoms with van der Waals surface area (Å²) in [5.41, 5.74) is 1.18. The number of ether oxygens (including phenoxy) is 3. The Morgan fingerprint density at radius 2 is 1.25 bits per heavy atom. The lowest BCUT2D eigenvalue weighted by Gasteiger charge is -2.09. The molecule has 0 saturated carbocycles. The fourth-order valence-electron chi connectivity index (χ4n) is 3.08. The van der Waals surface area contributed by atoms with Crippen LogP contribution in [0.5, 0.6) is 17.2 Å². The number of hydrogen-bond acceptors (Lipinski definition) is 6. The second-order valence-electron chi connectivity index (χ2n) is 7.65. The molecule has 0 fully saturated rings. The summed E-state index contributed by atoms with van der Waals surface area (Å²) in [6.07, 6.45) is 0.455. The number of nitrogens with one attached hydrogen (secondary N) is 2. The van der Waals surface area contributed by atoms with Crippen molar-refractivity contribution in [2.75, 3.05) is 23.8 Å². The summed E-state index contributed by atoms with van der Waals surface area (Å²) >= 11 is 5.86. The van der Waals surface area contributed by atoms with Gasteiger partial charge < -0.3 is 24.8 Å². The molecule has 0 heterocycles. The van der Waals surface area contributed by atoms with Crippen LogP contribution in [0.3, 0.4) is 0 Å². The van der Waals surface area contributed by atoms with E-state index in [1.807, 2.05) is 6.92 Å². The minimum atomic E-state index is -0.548. The van der Waals surface area contributed by atoms with Crippen molar-refractivity contribution in [2.24, 2.45) is 0 Å². The number of anilines is 2. The van der Waals surface area contributed by atoms with Gasteiger partial charge in [-0.05, 0) is 86.1 Å². The van der Waals surface area contributed by atoms with Gasteiger partial charge in [0, 0.05) is 29.2 Å². The molecule has 0 spiro atoms. The van der Waals surface area contributed by atoms with E-state index in [-0.39, 0.29) is 18.7 Å². The molecule has 0 atom stereocenters. The van der Waals surface area contributed by atoms with Crippen LogP contribution in [0.25, 0.3) is 0 Å². The van der Waals surface area contributed by atoms with Gasteiger partial charge in [-0.15, -0.1) is 0 Å². The van der Waals surface area contributed by atoms with E-state index in [0.717, 1.165) is 0 Å². The number of carbonyl (C=O) groups excluding carboxylic acids is 3. The predicted octanol–water partition coefficient (Wildman–Crippen LogP) is 5.82. The molecule has 36 heavy (non-hydrogen) atoms. The van der Waals surface area contributed by atoms with Crippen LogP contribution in [0.2, 0.25) is 5.02 Å². The highest BCUT2D eigenvalue weighted by Gasteiger charge is 2.10. The van der Waals surface area contributed by atoms with Crippen molar-refractivity contribution in [3.63, 3.8) is 0 Å². The van der Waals surface area contributed by atoms with Crippen LogP contribution >= 0.6 is 11.6 Å². The fourth-order valence-corrected chi connectivity index (χ4v) is 3.20. The van der Waals surface area contributed by atoms with Crippen molar-refractivity contribution in [3.8, 4) is 17.2 Å². The Morgan fingerprint density at radius 1 is 0.722 bits per heavy atom. The molecule has 0 radical (unpaired) electrons. The van der Waals surface area contributed by atoms with Gasteiger partial charge in [0.25, 0.3) is 5.91 Å². The molecule has 9 heteroatoms. The van der Waals surface area contributed by atoms with Gasteiger partial charge in [-0.2, -0.15) is 0 Å². The topological polar surface area (TPSA) is 103 Å². The highest BCUT2D eigenvalue weighted by molar-refractivity contribution is 6.30. The van der Waals surface area contributed by atoms with E-state index in [2.05, 4.69) is 10.6 Å².